The van der Waals surface area contributed by atoms with Gasteiger partial charge in [-0.2, -0.15) is 0 Å². The van der Waals surface area contributed by atoms with E-state index in [1.54, 1.807) is 12.1 Å². The summed E-state index contributed by atoms with van der Waals surface area (Å²) in [6, 6.07) is 7.30. The number of hydrogen-bond donors (Lipinski definition) is 2. The molecular formula is C14H19N3O. The number of carbonyl (C=O) groups excluding carboxylic acids is 1. The highest BCUT2D eigenvalue weighted by atomic mass is 16.2. The Morgan fingerprint density at radius 3 is 2.39 bits per heavy atom. The van der Waals surface area contributed by atoms with Crippen LogP contribution in [0.1, 0.15) is 19.3 Å². The van der Waals surface area contributed by atoms with E-state index in [0.29, 0.717) is 5.69 Å². The molecule has 0 aromatic heterocycles. The molecule has 2 fully saturated rings. The molecule has 1 aromatic rings. The third-order valence-corrected chi connectivity index (χ3v) is 4.18. The number of nitrogens with one attached hydrogen (secondary N) is 1. The van der Waals surface area contributed by atoms with Crippen LogP contribution in [0.4, 0.5) is 16.2 Å². The van der Waals surface area contributed by atoms with Crippen LogP contribution in [-0.2, 0) is 0 Å². The average molecular weight is 245 g/mol. The Labute approximate surface area is 107 Å². The maximum absolute atomic E-state index is 12.1. The largest absolute Gasteiger partial charge is 0.399 e. The van der Waals surface area contributed by atoms with Crippen molar-refractivity contribution in [2.24, 2.45) is 11.8 Å². The average Bonchev–Trinajstić information content (AvgIpc) is 2.92. The van der Waals surface area contributed by atoms with Gasteiger partial charge in [-0.3, -0.25) is 0 Å². The number of amides is 2. The molecule has 2 atom stereocenters. The van der Waals surface area contributed by atoms with Gasteiger partial charge in [0.1, 0.15) is 0 Å². The van der Waals surface area contributed by atoms with Crippen molar-refractivity contribution in [1.29, 1.82) is 0 Å². The summed E-state index contributed by atoms with van der Waals surface area (Å²) in [4.78, 5) is 14.1. The molecule has 1 aliphatic carbocycles. The molecule has 18 heavy (non-hydrogen) atoms. The van der Waals surface area contributed by atoms with Crippen molar-refractivity contribution in [2.75, 3.05) is 24.1 Å². The molecule has 0 radical (unpaired) electrons. The Morgan fingerprint density at radius 1 is 1.17 bits per heavy atom. The molecule has 1 saturated heterocycles. The normalized spacial score (nSPS) is 26.1. The lowest BCUT2D eigenvalue weighted by Crippen LogP contribution is -2.33. The van der Waals surface area contributed by atoms with Crippen molar-refractivity contribution in [3.8, 4) is 0 Å². The molecule has 1 heterocycles. The fraction of sp³-hybridized carbons (Fsp3) is 0.500. The molecule has 2 amide bonds. The maximum atomic E-state index is 12.1. The molecule has 96 valence electrons. The zero-order valence-corrected chi connectivity index (χ0v) is 10.4. The smallest absolute Gasteiger partial charge is 0.321 e. The minimum Gasteiger partial charge on any atom is -0.399 e. The van der Waals surface area contributed by atoms with E-state index in [1.165, 1.54) is 19.3 Å². The van der Waals surface area contributed by atoms with Gasteiger partial charge in [-0.1, -0.05) is 6.42 Å². The molecular weight excluding hydrogens is 226 g/mol. The monoisotopic (exact) mass is 245 g/mol. The zero-order valence-electron chi connectivity index (χ0n) is 10.4. The van der Waals surface area contributed by atoms with E-state index in [2.05, 4.69) is 5.32 Å². The second-order valence-corrected chi connectivity index (χ2v) is 5.41. The summed E-state index contributed by atoms with van der Waals surface area (Å²) < 4.78 is 0. The number of anilines is 2. The highest BCUT2D eigenvalue weighted by molar-refractivity contribution is 5.89. The fourth-order valence-electron chi connectivity index (χ4n) is 3.17. The predicted octanol–water partition coefficient (Wildman–Crippen LogP) is 2.53. The molecule has 4 nitrogen and oxygen atoms in total. The van der Waals surface area contributed by atoms with E-state index in [1.807, 2.05) is 17.0 Å². The number of fused-ring (bicyclic) bond motifs is 1. The number of benzene rings is 1. The van der Waals surface area contributed by atoms with Crippen molar-refractivity contribution >= 4 is 17.4 Å². The van der Waals surface area contributed by atoms with E-state index < -0.39 is 0 Å². The molecule has 0 bridgehead atoms. The molecule has 2 aliphatic rings. The van der Waals surface area contributed by atoms with E-state index in [4.69, 9.17) is 5.73 Å². The fourth-order valence-corrected chi connectivity index (χ4v) is 3.17. The number of likely N-dealkylation sites (tertiary alicyclic amines) is 1. The number of carbonyl (C=O) groups is 1. The summed E-state index contributed by atoms with van der Waals surface area (Å²) in [7, 11) is 0. The molecule has 3 rings (SSSR count). The van der Waals surface area contributed by atoms with Gasteiger partial charge in [0.05, 0.1) is 0 Å². The van der Waals surface area contributed by atoms with Gasteiger partial charge in [0.15, 0.2) is 0 Å². The molecule has 0 spiro atoms. The Balaban J connectivity index is 1.60. The second-order valence-electron chi connectivity index (χ2n) is 5.41. The van der Waals surface area contributed by atoms with Crippen LogP contribution in [-0.4, -0.2) is 24.0 Å². The topological polar surface area (TPSA) is 58.4 Å². The lowest BCUT2D eigenvalue weighted by Gasteiger charge is -2.18. The van der Waals surface area contributed by atoms with Gasteiger partial charge in [-0.25, -0.2) is 4.79 Å². The molecule has 3 N–H and O–H groups in total. The highest BCUT2D eigenvalue weighted by Crippen LogP contribution is 2.37. The van der Waals surface area contributed by atoms with Crippen molar-refractivity contribution in [3.05, 3.63) is 24.3 Å². The number of rotatable bonds is 1. The van der Waals surface area contributed by atoms with E-state index in [0.717, 1.165) is 30.6 Å². The minimum atomic E-state index is 0.0224. The number of nitrogens with zero attached hydrogens (tertiary/aromatic N) is 1. The van der Waals surface area contributed by atoms with Crippen LogP contribution in [0.3, 0.4) is 0 Å². The number of urea groups is 1. The van der Waals surface area contributed by atoms with Gasteiger partial charge in [-0.05, 0) is 48.9 Å². The first kappa shape index (κ1) is 11.4. The number of hydrogen-bond acceptors (Lipinski definition) is 2. The number of nitrogens with two attached hydrogens (primary N) is 1. The summed E-state index contributed by atoms with van der Waals surface area (Å²) in [6.07, 6.45) is 3.91. The lowest BCUT2D eigenvalue weighted by atomic mass is 10.0. The first-order chi connectivity index (χ1) is 8.72. The third-order valence-electron chi connectivity index (χ3n) is 4.18. The van der Waals surface area contributed by atoms with Crippen molar-refractivity contribution < 1.29 is 4.79 Å². The summed E-state index contributed by atoms with van der Waals surface area (Å²) in [5.74, 6) is 1.48. The summed E-state index contributed by atoms with van der Waals surface area (Å²) in [5, 5.41) is 2.93. The first-order valence-corrected chi connectivity index (χ1v) is 6.64. The predicted molar refractivity (Wildman–Crippen MR) is 72.3 cm³/mol. The molecule has 4 heteroatoms. The van der Waals surface area contributed by atoms with Crippen LogP contribution < -0.4 is 11.1 Å². The van der Waals surface area contributed by atoms with Crippen LogP contribution in [0, 0.1) is 11.8 Å². The van der Waals surface area contributed by atoms with E-state index >= 15 is 0 Å². The van der Waals surface area contributed by atoms with Crippen LogP contribution in [0.2, 0.25) is 0 Å². The van der Waals surface area contributed by atoms with Gasteiger partial charge in [0.25, 0.3) is 0 Å². The Kier molecular flexibility index (Phi) is 2.86. The van der Waals surface area contributed by atoms with Crippen molar-refractivity contribution in [2.45, 2.75) is 19.3 Å². The van der Waals surface area contributed by atoms with Crippen LogP contribution in [0.5, 0.6) is 0 Å². The Morgan fingerprint density at radius 2 is 1.78 bits per heavy atom. The van der Waals surface area contributed by atoms with Crippen LogP contribution in [0.25, 0.3) is 0 Å². The van der Waals surface area contributed by atoms with Crippen molar-refractivity contribution in [1.82, 2.24) is 4.90 Å². The first-order valence-electron chi connectivity index (χ1n) is 6.64. The minimum absolute atomic E-state index is 0.0224. The van der Waals surface area contributed by atoms with E-state index in [9.17, 15) is 4.79 Å². The van der Waals surface area contributed by atoms with Crippen molar-refractivity contribution in [3.63, 3.8) is 0 Å². The molecule has 1 saturated carbocycles. The standard InChI is InChI=1S/C14H19N3O/c15-12-4-6-13(7-5-12)16-14(18)17-8-10-2-1-3-11(10)9-17/h4-7,10-11H,1-3,8-9,15H2,(H,16,18). The highest BCUT2D eigenvalue weighted by Gasteiger charge is 2.37. The van der Waals surface area contributed by atoms with Gasteiger partial charge >= 0.3 is 6.03 Å². The zero-order chi connectivity index (χ0) is 12.5. The maximum Gasteiger partial charge on any atom is 0.321 e. The second kappa shape index (κ2) is 4.52. The third kappa shape index (κ3) is 2.15. The van der Waals surface area contributed by atoms with E-state index in [-0.39, 0.29) is 6.03 Å². The Bertz CT molecular complexity index is 431. The molecule has 2 unspecified atom stereocenters. The quantitative estimate of drug-likeness (QED) is 0.747. The molecule has 1 aliphatic heterocycles. The Hall–Kier alpha value is -1.71. The van der Waals surface area contributed by atoms with Gasteiger partial charge < -0.3 is 16.0 Å². The van der Waals surface area contributed by atoms with Gasteiger partial charge in [0, 0.05) is 24.5 Å². The van der Waals surface area contributed by atoms with Gasteiger partial charge in [0.2, 0.25) is 0 Å². The molecule has 1 aromatic carbocycles. The summed E-state index contributed by atoms with van der Waals surface area (Å²) in [6.45, 7) is 1.84. The van der Waals surface area contributed by atoms with Gasteiger partial charge in [-0.15, -0.1) is 0 Å². The summed E-state index contributed by atoms with van der Waals surface area (Å²) >= 11 is 0. The van der Waals surface area contributed by atoms with Crippen LogP contribution >= 0.6 is 0 Å². The SMILES string of the molecule is Nc1ccc(NC(=O)N2CC3CCCC3C2)cc1. The number of nitrogen functional groups attached to an aromatic ring is 1. The summed E-state index contributed by atoms with van der Waals surface area (Å²) in [5.41, 5.74) is 7.14. The van der Waals surface area contributed by atoms with Crippen LogP contribution in [0.15, 0.2) is 24.3 Å². The lowest BCUT2D eigenvalue weighted by molar-refractivity contribution is 0.219.